The zero-order valence-corrected chi connectivity index (χ0v) is 14.0. The van der Waals surface area contributed by atoms with E-state index in [1.54, 1.807) is 4.90 Å². The first kappa shape index (κ1) is 19.0. The molecule has 1 heterocycles. The number of hydrogen-bond donors (Lipinski definition) is 1. The van der Waals surface area contributed by atoms with E-state index in [1.165, 1.54) is 12.1 Å². The van der Waals surface area contributed by atoms with E-state index in [4.69, 9.17) is 22.1 Å². The lowest BCUT2D eigenvalue weighted by molar-refractivity contribution is -0.137. The van der Waals surface area contributed by atoms with E-state index in [0.717, 1.165) is 18.9 Å². The van der Waals surface area contributed by atoms with Gasteiger partial charge in [-0.3, -0.25) is 4.79 Å². The fourth-order valence-corrected chi connectivity index (χ4v) is 2.84. The molecule has 0 saturated carbocycles. The molecular weight excluding hydrogens is 330 g/mol. The SMILES string of the molecule is CC1CCN(C(=O)COc2ccc(F)cc2Cl)C(CN)C1.Cl. The third-order valence-electron chi connectivity index (χ3n) is 3.82. The number of benzene rings is 1. The Morgan fingerprint density at radius 2 is 2.27 bits per heavy atom. The summed E-state index contributed by atoms with van der Waals surface area (Å²) < 4.78 is 18.3. The summed E-state index contributed by atoms with van der Waals surface area (Å²) in [4.78, 5) is 14.0. The van der Waals surface area contributed by atoms with E-state index in [9.17, 15) is 9.18 Å². The number of carbonyl (C=O) groups excluding carboxylic acids is 1. The van der Waals surface area contributed by atoms with Gasteiger partial charge in [0.15, 0.2) is 6.61 Å². The van der Waals surface area contributed by atoms with E-state index in [1.807, 2.05) is 0 Å². The molecule has 2 unspecified atom stereocenters. The summed E-state index contributed by atoms with van der Waals surface area (Å²) in [6.07, 6.45) is 1.89. The summed E-state index contributed by atoms with van der Waals surface area (Å²) in [5, 5.41) is 0.158. The monoisotopic (exact) mass is 350 g/mol. The summed E-state index contributed by atoms with van der Waals surface area (Å²) in [5.41, 5.74) is 5.74. The van der Waals surface area contributed by atoms with Gasteiger partial charge < -0.3 is 15.4 Å². The second-order valence-corrected chi connectivity index (χ2v) is 5.88. The third kappa shape index (κ3) is 4.73. The Morgan fingerprint density at radius 3 is 2.91 bits per heavy atom. The standard InChI is InChI=1S/C15H20ClFN2O2.ClH/c1-10-4-5-19(12(6-10)8-18)15(20)9-21-14-3-2-11(17)7-13(14)16;/h2-3,7,10,12H,4-6,8-9,18H2,1H3;1H. The second-order valence-electron chi connectivity index (χ2n) is 5.47. The predicted octanol–water partition coefficient (Wildman–Crippen LogP) is 2.87. The van der Waals surface area contributed by atoms with Crippen LogP contribution in [0.3, 0.4) is 0 Å². The molecule has 1 fully saturated rings. The predicted molar refractivity (Wildman–Crippen MR) is 87.1 cm³/mol. The van der Waals surface area contributed by atoms with Crippen LogP contribution in [0.15, 0.2) is 18.2 Å². The van der Waals surface area contributed by atoms with Crippen molar-refractivity contribution in [3.63, 3.8) is 0 Å². The molecule has 0 aliphatic carbocycles. The van der Waals surface area contributed by atoms with E-state index in [0.29, 0.717) is 24.8 Å². The smallest absolute Gasteiger partial charge is 0.260 e. The molecule has 2 N–H and O–H groups in total. The van der Waals surface area contributed by atoms with Crippen LogP contribution in [0.1, 0.15) is 19.8 Å². The van der Waals surface area contributed by atoms with Crippen molar-refractivity contribution in [3.05, 3.63) is 29.0 Å². The number of ether oxygens (including phenoxy) is 1. The Kier molecular flexibility index (Phi) is 7.39. The van der Waals surface area contributed by atoms with Crippen molar-refractivity contribution in [2.45, 2.75) is 25.8 Å². The maximum Gasteiger partial charge on any atom is 0.260 e. The van der Waals surface area contributed by atoms with Gasteiger partial charge in [-0.2, -0.15) is 0 Å². The molecule has 2 atom stereocenters. The summed E-state index contributed by atoms with van der Waals surface area (Å²) in [5.74, 6) is 0.334. The molecule has 1 saturated heterocycles. The molecule has 0 aromatic heterocycles. The largest absolute Gasteiger partial charge is 0.482 e. The maximum absolute atomic E-state index is 12.9. The molecule has 1 aromatic carbocycles. The molecular formula is C15H21Cl2FN2O2. The molecule has 4 nitrogen and oxygen atoms in total. The number of piperidine rings is 1. The Bertz CT molecular complexity index is 516. The molecule has 22 heavy (non-hydrogen) atoms. The lowest BCUT2D eigenvalue weighted by Crippen LogP contribution is -2.50. The first-order chi connectivity index (χ1) is 10.0. The minimum absolute atomic E-state index is 0. The van der Waals surface area contributed by atoms with E-state index in [-0.39, 0.29) is 36.0 Å². The second kappa shape index (κ2) is 8.56. The quantitative estimate of drug-likeness (QED) is 0.908. The maximum atomic E-state index is 12.9. The van der Waals surface area contributed by atoms with Gasteiger partial charge in [0, 0.05) is 19.1 Å². The van der Waals surface area contributed by atoms with Crippen molar-refractivity contribution in [2.75, 3.05) is 19.7 Å². The van der Waals surface area contributed by atoms with Gasteiger partial charge >= 0.3 is 0 Å². The summed E-state index contributed by atoms with van der Waals surface area (Å²) in [6.45, 7) is 3.20. The average molecular weight is 351 g/mol. The molecule has 1 aliphatic heterocycles. The zero-order chi connectivity index (χ0) is 15.4. The highest BCUT2D eigenvalue weighted by molar-refractivity contribution is 6.32. The topological polar surface area (TPSA) is 55.6 Å². The van der Waals surface area contributed by atoms with Gasteiger partial charge in [0.05, 0.1) is 5.02 Å². The molecule has 1 aliphatic rings. The van der Waals surface area contributed by atoms with Crippen LogP contribution in [0, 0.1) is 11.7 Å². The van der Waals surface area contributed by atoms with Crippen molar-refractivity contribution in [1.82, 2.24) is 4.90 Å². The van der Waals surface area contributed by atoms with Gasteiger partial charge in [0.2, 0.25) is 0 Å². The van der Waals surface area contributed by atoms with Crippen LogP contribution in [0.4, 0.5) is 4.39 Å². The number of amides is 1. The number of nitrogens with two attached hydrogens (primary N) is 1. The first-order valence-electron chi connectivity index (χ1n) is 7.08. The van der Waals surface area contributed by atoms with Crippen LogP contribution in [0.25, 0.3) is 0 Å². The fraction of sp³-hybridized carbons (Fsp3) is 0.533. The van der Waals surface area contributed by atoms with Crippen LogP contribution in [-0.2, 0) is 4.79 Å². The van der Waals surface area contributed by atoms with Crippen LogP contribution in [0.5, 0.6) is 5.75 Å². The van der Waals surface area contributed by atoms with Gasteiger partial charge in [0.1, 0.15) is 11.6 Å². The average Bonchev–Trinajstić information content (AvgIpc) is 2.45. The Balaban J connectivity index is 0.00000242. The van der Waals surface area contributed by atoms with Crippen LogP contribution >= 0.6 is 24.0 Å². The minimum Gasteiger partial charge on any atom is -0.482 e. The van der Waals surface area contributed by atoms with Gasteiger partial charge in [-0.25, -0.2) is 4.39 Å². The van der Waals surface area contributed by atoms with Gasteiger partial charge in [-0.15, -0.1) is 12.4 Å². The Morgan fingerprint density at radius 1 is 1.55 bits per heavy atom. The lowest BCUT2D eigenvalue weighted by Gasteiger charge is -2.37. The molecule has 0 radical (unpaired) electrons. The van der Waals surface area contributed by atoms with E-state index < -0.39 is 5.82 Å². The summed E-state index contributed by atoms with van der Waals surface area (Å²) >= 11 is 5.86. The number of halogens is 3. The minimum atomic E-state index is -0.438. The number of rotatable bonds is 4. The fourth-order valence-electron chi connectivity index (χ4n) is 2.62. The molecule has 1 aromatic rings. The highest BCUT2D eigenvalue weighted by Gasteiger charge is 2.29. The zero-order valence-electron chi connectivity index (χ0n) is 12.4. The number of likely N-dealkylation sites (tertiary alicyclic amines) is 1. The van der Waals surface area contributed by atoms with E-state index >= 15 is 0 Å². The highest BCUT2D eigenvalue weighted by Crippen LogP contribution is 2.26. The summed E-state index contributed by atoms with van der Waals surface area (Å²) in [7, 11) is 0. The Labute approximate surface area is 141 Å². The first-order valence-corrected chi connectivity index (χ1v) is 7.46. The number of nitrogens with zero attached hydrogens (tertiary/aromatic N) is 1. The number of hydrogen-bond acceptors (Lipinski definition) is 3. The normalized spacial score (nSPS) is 21.2. The summed E-state index contributed by atoms with van der Waals surface area (Å²) in [6, 6.07) is 3.89. The lowest BCUT2D eigenvalue weighted by atomic mass is 9.92. The van der Waals surface area contributed by atoms with Crippen LogP contribution < -0.4 is 10.5 Å². The molecule has 1 amide bonds. The number of carbonyl (C=O) groups is 1. The third-order valence-corrected chi connectivity index (χ3v) is 4.11. The van der Waals surface area contributed by atoms with Crippen molar-refractivity contribution in [1.29, 1.82) is 0 Å². The van der Waals surface area contributed by atoms with Crippen molar-refractivity contribution < 1.29 is 13.9 Å². The molecule has 0 bridgehead atoms. The van der Waals surface area contributed by atoms with Crippen molar-refractivity contribution in [2.24, 2.45) is 11.7 Å². The molecule has 124 valence electrons. The molecule has 2 rings (SSSR count). The van der Waals surface area contributed by atoms with Crippen LogP contribution in [0.2, 0.25) is 5.02 Å². The van der Waals surface area contributed by atoms with Crippen LogP contribution in [-0.4, -0.2) is 36.5 Å². The van der Waals surface area contributed by atoms with Crippen molar-refractivity contribution >= 4 is 29.9 Å². The van der Waals surface area contributed by atoms with E-state index in [2.05, 4.69) is 6.92 Å². The highest BCUT2D eigenvalue weighted by atomic mass is 35.5. The molecule has 7 heteroatoms. The Hall–Kier alpha value is -1.04. The van der Waals surface area contributed by atoms with Gasteiger partial charge in [-0.1, -0.05) is 18.5 Å². The molecule has 0 spiro atoms. The van der Waals surface area contributed by atoms with Gasteiger partial charge in [-0.05, 0) is 37.0 Å². The van der Waals surface area contributed by atoms with Gasteiger partial charge in [0.25, 0.3) is 5.91 Å². The van der Waals surface area contributed by atoms with Crippen molar-refractivity contribution in [3.8, 4) is 5.75 Å².